The van der Waals surface area contributed by atoms with Crippen molar-refractivity contribution in [2.75, 3.05) is 6.61 Å². The molecule has 0 aliphatic carbocycles. The van der Waals surface area contributed by atoms with Crippen molar-refractivity contribution >= 4 is 28.8 Å². The summed E-state index contributed by atoms with van der Waals surface area (Å²) >= 11 is 0. The number of ether oxygens (including phenoxy) is 1. The maximum atomic E-state index is 13.2. The molecule has 0 spiro atoms. The average Bonchev–Trinajstić information content (AvgIpc) is 2.82. The molecule has 10 heteroatoms. The minimum Gasteiger partial charge on any atom is -0.479 e. The number of nitro groups is 1. The van der Waals surface area contributed by atoms with Gasteiger partial charge in [0, 0.05) is 17.2 Å². The number of carbonyl (C=O) groups is 1. The Morgan fingerprint density at radius 3 is 2.55 bits per heavy atom. The van der Waals surface area contributed by atoms with Gasteiger partial charge >= 0.3 is 11.7 Å². The van der Waals surface area contributed by atoms with Crippen molar-refractivity contribution in [3.63, 3.8) is 0 Å². The molecule has 10 nitrogen and oxygen atoms in total. The van der Waals surface area contributed by atoms with E-state index in [1.54, 1.807) is 48.5 Å². The molecule has 0 aliphatic rings. The largest absolute Gasteiger partial charge is 0.479 e. The zero-order valence-electron chi connectivity index (χ0n) is 17.0. The molecule has 33 heavy (non-hydrogen) atoms. The summed E-state index contributed by atoms with van der Waals surface area (Å²) in [4.78, 5) is 39.4. The predicted molar refractivity (Wildman–Crippen MR) is 121 cm³/mol. The molecule has 0 radical (unpaired) electrons. The van der Waals surface area contributed by atoms with Gasteiger partial charge in [0.2, 0.25) is 5.75 Å². The summed E-state index contributed by atoms with van der Waals surface area (Å²) in [6.45, 7) is -0.779. The Labute approximate surface area is 186 Å². The number of benzene rings is 3. The van der Waals surface area contributed by atoms with E-state index in [1.807, 2.05) is 6.07 Å². The minimum absolute atomic E-state index is 0.129. The highest BCUT2D eigenvalue weighted by atomic mass is 16.6. The number of nitro benzene ring substituents is 1. The van der Waals surface area contributed by atoms with Gasteiger partial charge in [0.05, 0.1) is 22.0 Å². The van der Waals surface area contributed by atoms with Gasteiger partial charge in [0.15, 0.2) is 12.4 Å². The number of rotatable bonds is 7. The lowest BCUT2D eigenvalue weighted by Gasteiger charge is -2.10. The van der Waals surface area contributed by atoms with Crippen LogP contribution in [0.15, 0.2) is 82.7 Å². The molecule has 164 valence electrons. The summed E-state index contributed by atoms with van der Waals surface area (Å²) in [5, 5.41) is 24.9. The Morgan fingerprint density at radius 1 is 1.09 bits per heavy atom. The topological polar surface area (TPSA) is 137 Å². The van der Waals surface area contributed by atoms with E-state index in [0.717, 1.165) is 4.68 Å². The first-order valence-corrected chi connectivity index (χ1v) is 9.69. The first kappa shape index (κ1) is 21.4. The molecule has 1 heterocycles. The fourth-order valence-corrected chi connectivity index (χ4v) is 3.20. The third-order valence-electron chi connectivity index (χ3n) is 4.66. The van der Waals surface area contributed by atoms with Crippen LogP contribution in [-0.2, 0) is 4.79 Å². The van der Waals surface area contributed by atoms with E-state index in [1.165, 1.54) is 24.4 Å². The summed E-state index contributed by atoms with van der Waals surface area (Å²) in [5.74, 6) is -1.29. The molecule has 0 fully saturated rings. The van der Waals surface area contributed by atoms with Gasteiger partial charge in [-0.1, -0.05) is 48.5 Å². The Bertz CT molecular complexity index is 1450. The average molecular weight is 444 g/mol. The van der Waals surface area contributed by atoms with Crippen LogP contribution in [0.25, 0.3) is 22.3 Å². The fraction of sp³-hybridized carbons (Fsp3) is 0.0435. The van der Waals surface area contributed by atoms with E-state index in [-0.39, 0.29) is 17.1 Å². The molecular weight excluding hydrogens is 428 g/mol. The van der Waals surface area contributed by atoms with Crippen LogP contribution < -0.4 is 10.3 Å². The normalized spacial score (nSPS) is 11.0. The molecule has 0 bridgehead atoms. The number of hydrogen-bond acceptors (Lipinski definition) is 7. The van der Waals surface area contributed by atoms with Crippen LogP contribution in [0.3, 0.4) is 0 Å². The summed E-state index contributed by atoms with van der Waals surface area (Å²) in [6, 6.07) is 19.9. The van der Waals surface area contributed by atoms with Gasteiger partial charge in [-0.2, -0.15) is 9.78 Å². The highest BCUT2D eigenvalue weighted by Crippen LogP contribution is 2.30. The number of hydrogen-bond donors (Lipinski definition) is 1. The standard InChI is InChI=1S/C23H16N4O6/c28-20(29)14-33-21-16(9-6-12-19(21)27(31)32)13-24-26-22(15-7-2-1-3-8-15)25-18-11-5-4-10-17(18)23(26)30/h1-13H,14H2,(H,28,29). The second-order valence-corrected chi connectivity index (χ2v) is 6.82. The van der Waals surface area contributed by atoms with Crippen molar-refractivity contribution in [1.29, 1.82) is 0 Å². The van der Waals surface area contributed by atoms with Crippen molar-refractivity contribution < 1.29 is 19.6 Å². The lowest BCUT2D eigenvalue weighted by molar-refractivity contribution is -0.385. The van der Waals surface area contributed by atoms with Crippen LogP contribution in [0.2, 0.25) is 0 Å². The van der Waals surface area contributed by atoms with Gasteiger partial charge in [-0.05, 0) is 18.2 Å². The zero-order chi connectivity index (χ0) is 23.4. The van der Waals surface area contributed by atoms with E-state index in [2.05, 4.69) is 10.1 Å². The van der Waals surface area contributed by atoms with E-state index in [9.17, 15) is 19.7 Å². The summed E-state index contributed by atoms with van der Waals surface area (Å²) < 4.78 is 6.25. The van der Waals surface area contributed by atoms with Gasteiger partial charge in [-0.25, -0.2) is 9.78 Å². The molecule has 4 rings (SSSR count). The second-order valence-electron chi connectivity index (χ2n) is 6.82. The smallest absolute Gasteiger partial charge is 0.341 e. The van der Waals surface area contributed by atoms with Crippen LogP contribution in [0.4, 0.5) is 5.69 Å². The molecule has 4 aromatic rings. The maximum absolute atomic E-state index is 13.2. The Balaban J connectivity index is 1.89. The van der Waals surface area contributed by atoms with Crippen molar-refractivity contribution in [2.24, 2.45) is 5.10 Å². The Hall–Kier alpha value is -4.86. The molecule has 1 N–H and O–H groups in total. The minimum atomic E-state index is -1.29. The van der Waals surface area contributed by atoms with Gasteiger partial charge in [0.25, 0.3) is 5.56 Å². The molecular formula is C23H16N4O6. The third kappa shape index (κ3) is 4.44. The van der Waals surface area contributed by atoms with Crippen LogP contribution in [0, 0.1) is 10.1 Å². The SMILES string of the molecule is O=C(O)COc1c(C=Nn2c(-c3ccccc3)nc3ccccc3c2=O)cccc1[N+](=O)[O-]. The van der Waals surface area contributed by atoms with E-state index < -0.39 is 28.7 Å². The number of aromatic nitrogens is 2. The third-order valence-corrected chi connectivity index (χ3v) is 4.66. The molecule has 0 saturated carbocycles. The van der Waals surface area contributed by atoms with Crippen LogP contribution >= 0.6 is 0 Å². The van der Waals surface area contributed by atoms with Gasteiger partial charge < -0.3 is 9.84 Å². The van der Waals surface area contributed by atoms with Crippen molar-refractivity contribution in [3.05, 3.63) is 98.8 Å². The number of carboxylic acids is 1. The Morgan fingerprint density at radius 2 is 1.82 bits per heavy atom. The highest BCUT2D eigenvalue weighted by molar-refractivity contribution is 5.87. The molecule has 0 amide bonds. The predicted octanol–water partition coefficient (Wildman–Crippen LogP) is 3.32. The first-order chi connectivity index (χ1) is 16.0. The highest BCUT2D eigenvalue weighted by Gasteiger charge is 2.20. The van der Waals surface area contributed by atoms with E-state index in [4.69, 9.17) is 9.84 Å². The number of fused-ring (bicyclic) bond motifs is 1. The fourth-order valence-electron chi connectivity index (χ4n) is 3.20. The number of nitrogens with zero attached hydrogens (tertiary/aromatic N) is 4. The Kier molecular flexibility index (Phi) is 5.90. The second kappa shape index (κ2) is 9.10. The monoisotopic (exact) mass is 444 g/mol. The lowest BCUT2D eigenvalue weighted by Crippen LogP contribution is -2.20. The zero-order valence-corrected chi connectivity index (χ0v) is 17.0. The molecule has 0 aliphatic heterocycles. The van der Waals surface area contributed by atoms with Crippen LogP contribution in [-0.4, -0.2) is 38.5 Å². The molecule has 0 saturated heterocycles. The molecule has 0 unspecified atom stereocenters. The summed E-state index contributed by atoms with van der Waals surface area (Å²) in [7, 11) is 0. The molecule has 0 atom stereocenters. The van der Waals surface area contributed by atoms with Crippen molar-refractivity contribution in [3.8, 4) is 17.1 Å². The number of para-hydroxylation sites is 2. The van der Waals surface area contributed by atoms with E-state index in [0.29, 0.717) is 16.5 Å². The number of carboxylic acid groups (broad SMARTS) is 1. The van der Waals surface area contributed by atoms with E-state index >= 15 is 0 Å². The van der Waals surface area contributed by atoms with Gasteiger partial charge in [-0.3, -0.25) is 14.9 Å². The lowest BCUT2D eigenvalue weighted by atomic mass is 10.2. The van der Waals surface area contributed by atoms with Crippen molar-refractivity contribution in [1.82, 2.24) is 9.66 Å². The van der Waals surface area contributed by atoms with Gasteiger partial charge in [-0.15, -0.1) is 0 Å². The van der Waals surface area contributed by atoms with Gasteiger partial charge in [0.1, 0.15) is 0 Å². The van der Waals surface area contributed by atoms with Crippen molar-refractivity contribution in [2.45, 2.75) is 0 Å². The maximum Gasteiger partial charge on any atom is 0.341 e. The first-order valence-electron chi connectivity index (χ1n) is 9.69. The molecule has 3 aromatic carbocycles. The summed E-state index contributed by atoms with van der Waals surface area (Å²) in [6.07, 6.45) is 1.20. The summed E-state index contributed by atoms with van der Waals surface area (Å²) in [5.41, 5.74) is 0.402. The van der Waals surface area contributed by atoms with Crippen LogP contribution in [0.5, 0.6) is 5.75 Å². The number of aliphatic carboxylic acids is 1. The molecule has 1 aromatic heterocycles. The van der Waals surface area contributed by atoms with Crippen LogP contribution in [0.1, 0.15) is 5.56 Å². The quantitative estimate of drug-likeness (QED) is 0.262.